The Labute approximate surface area is 106 Å². The van der Waals surface area contributed by atoms with Crippen LogP contribution in [0, 0.1) is 0 Å². The van der Waals surface area contributed by atoms with Crippen molar-refractivity contribution in [2.75, 3.05) is 0 Å². The SMILES string of the molecule is CC[C@H](C)NC(=O)c1conc1-c1ccccc1. The summed E-state index contributed by atoms with van der Waals surface area (Å²) < 4.78 is 4.93. The van der Waals surface area contributed by atoms with Crippen LogP contribution in [0.5, 0.6) is 0 Å². The molecule has 1 aromatic carbocycles. The van der Waals surface area contributed by atoms with Gasteiger partial charge < -0.3 is 9.84 Å². The summed E-state index contributed by atoms with van der Waals surface area (Å²) in [5.41, 5.74) is 1.93. The lowest BCUT2D eigenvalue weighted by molar-refractivity contribution is 0.0939. The maximum absolute atomic E-state index is 12.1. The summed E-state index contributed by atoms with van der Waals surface area (Å²) in [6, 6.07) is 9.66. The van der Waals surface area contributed by atoms with Crippen molar-refractivity contribution in [3.05, 3.63) is 42.2 Å². The third-order valence-electron chi connectivity index (χ3n) is 2.85. The molecule has 2 aromatic rings. The standard InChI is InChI=1S/C14H16N2O2/c1-3-10(2)15-14(17)12-9-18-16-13(12)11-7-5-4-6-8-11/h4-10H,3H2,1-2H3,(H,15,17)/t10-/m0/s1. The van der Waals surface area contributed by atoms with Gasteiger partial charge in [0.25, 0.3) is 5.91 Å². The summed E-state index contributed by atoms with van der Waals surface area (Å²) in [5.74, 6) is -0.149. The van der Waals surface area contributed by atoms with Crippen LogP contribution in [0.25, 0.3) is 11.3 Å². The molecule has 1 aromatic heterocycles. The van der Waals surface area contributed by atoms with Gasteiger partial charge in [-0.2, -0.15) is 0 Å². The highest BCUT2D eigenvalue weighted by molar-refractivity contribution is 5.99. The van der Waals surface area contributed by atoms with E-state index < -0.39 is 0 Å². The van der Waals surface area contributed by atoms with Gasteiger partial charge in [0.1, 0.15) is 17.5 Å². The molecule has 1 heterocycles. The first kappa shape index (κ1) is 12.4. The third kappa shape index (κ3) is 2.59. The highest BCUT2D eigenvalue weighted by atomic mass is 16.5. The normalized spacial score (nSPS) is 12.1. The van der Waals surface area contributed by atoms with Crippen LogP contribution in [0.1, 0.15) is 30.6 Å². The smallest absolute Gasteiger partial charge is 0.257 e. The molecule has 0 aliphatic rings. The molecule has 0 saturated carbocycles. The van der Waals surface area contributed by atoms with E-state index in [1.54, 1.807) is 0 Å². The second-order valence-electron chi connectivity index (χ2n) is 4.23. The van der Waals surface area contributed by atoms with E-state index in [1.807, 2.05) is 44.2 Å². The Balaban J connectivity index is 2.26. The van der Waals surface area contributed by atoms with Crippen LogP contribution < -0.4 is 5.32 Å². The molecule has 0 saturated heterocycles. The topological polar surface area (TPSA) is 55.1 Å². The van der Waals surface area contributed by atoms with Crippen LogP contribution >= 0.6 is 0 Å². The predicted molar refractivity (Wildman–Crippen MR) is 69.2 cm³/mol. The lowest BCUT2D eigenvalue weighted by Gasteiger charge is -2.10. The number of nitrogens with one attached hydrogen (secondary N) is 1. The lowest BCUT2D eigenvalue weighted by atomic mass is 10.1. The Bertz CT molecular complexity index is 520. The highest BCUT2D eigenvalue weighted by Gasteiger charge is 2.18. The quantitative estimate of drug-likeness (QED) is 0.899. The minimum atomic E-state index is -0.149. The van der Waals surface area contributed by atoms with E-state index in [0.717, 1.165) is 12.0 Å². The fraction of sp³-hybridized carbons (Fsp3) is 0.286. The third-order valence-corrected chi connectivity index (χ3v) is 2.85. The van der Waals surface area contributed by atoms with Gasteiger partial charge in [0.15, 0.2) is 0 Å². The molecule has 0 spiro atoms. The molecule has 18 heavy (non-hydrogen) atoms. The summed E-state index contributed by atoms with van der Waals surface area (Å²) in [6.45, 7) is 3.99. The van der Waals surface area contributed by atoms with E-state index in [2.05, 4.69) is 10.5 Å². The number of hydrogen-bond acceptors (Lipinski definition) is 3. The van der Waals surface area contributed by atoms with Crippen molar-refractivity contribution in [2.24, 2.45) is 0 Å². The first-order valence-electron chi connectivity index (χ1n) is 6.03. The molecule has 4 nitrogen and oxygen atoms in total. The number of nitrogens with zero attached hydrogens (tertiary/aromatic N) is 1. The molecule has 4 heteroatoms. The van der Waals surface area contributed by atoms with Gasteiger partial charge >= 0.3 is 0 Å². The first-order valence-corrected chi connectivity index (χ1v) is 6.03. The molecule has 2 rings (SSSR count). The van der Waals surface area contributed by atoms with E-state index >= 15 is 0 Å². The summed E-state index contributed by atoms with van der Waals surface area (Å²) in [4.78, 5) is 12.1. The van der Waals surface area contributed by atoms with Gasteiger partial charge in [0.2, 0.25) is 0 Å². The molecule has 0 aliphatic carbocycles. The summed E-state index contributed by atoms with van der Waals surface area (Å²) >= 11 is 0. The zero-order valence-electron chi connectivity index (χ0n) is 10.5. The van der Waals surface area contributed by atoms with Crippen molar-refractivity contribution >= 4 is 5.91 Å². The zero-order valence-corrected chi connectivity index (χ0v) is 10.5. The van der Waals surface area contributed by atoms with Crippen LogP contribution in [0.3, 0.4) is 0 Å². The fourth-order valence-corrected chi connectivity index (χ4v) is 1.61. The van der Waals surface area contributed by atoms with E-state index in [-0.39, 0.29) is 11.9 Å². The van der Waals surface area contributed by atoms with E-state index in [0.29, 0.717) is 11.3 Å². The average molecular weight is 244 g/mol. The number of rotatable bonds is 4. The monoisotopic (exact) mass is 244 g/mol. The molecule has 94 valence electrons. The zero-order chi connectivity index (χ0) is 13.0. The molecule has 0 unspecified atom stereocenters. The van der Waals surface area contributed by atoms with Gasteiger partial charge in [0, 0.05) is 11.6 Å². The van der Waals surface area contributed by atoms with Crippen LogP contribution in [0.15, 0.2) is 41.1 Å². The van der Waals surface area contributed by atoms with E-state index in [1.165, 1.54) is 6.26 Å². The van der Waals surface area contributed by atoms with Crippen molar-refractivity contribution in [1.82, 2.24) is 10.5 Å². The summed E-state index contributed by atoms with van der Waals surface area (Å²) in [7, 11) is 0. The highest BCUT2D eigenvalue weighted by Crippen LogP contribution is 2.21. The van der Waals surface area contributed by atoms with Crippen molar-refractivity contribution in [3.8, 4) is 11.3 Å². The maximum Gasteiger partial charge on any atom is 0.257 e. The summed E-state index contributed by atoms with van der Waals surface area (Å²) in [5, 5.41) is 6.81. The number of hydrogen-bond donors (Lipinski definition) is 1. The maximum atomic E-state index is 12.1. The number of carbonyl (C=O) groups excluding carboxylic acids is 1. The molecular weight excluding hydrogens is 228 g/mol. The minimum Gasteiger partial charge on any atom is -0.363 e. The van der Waals surface area contributed by atoms with Crippen molar-refractivity contribution in [1.29, 1.82) is 0 Å². The van der Waals surface area contributed by atoms with Crippen LogP contribution in [-0.4, -0.2) is 17.1 Å². The predicted octanol–water partition coefficient (Wildman–Crippen LogP) is 2.87. The van der Waals surface area contributed by atoms with Crippen molar-refractivity contribution in [2.45, 2.75) is 26.3 Å². The summed E-state index contributed by atoms with van der Waals surface area (Å²) in [6.07, 6.45) is 2.28. The number of carbonyl (C=O) groups is 1. The molecule has 0 fully saturated rings. The minimum absolute atomic E-state index is 0.135. The molecule has 0 radical (unpaired) electrons. The van der Waals surface area contributed by atoms with Gasteiger partial charge in [-0.15, -0.1) is 0 Å². The lowest BCUT2D eigenvalue weighted by Crippen LogP contribution is -2.31. The molecule has 1 N–H and O–H groups in total. The molecular formula is C14H16N2O2. The Kier molecular flexibility index (Phi) is 3.77. The fourth-order valence-electron chi connectivity index (χ4n) is 1.61. The van der Waals surface area contributed by atoms with Gasteiger partial charge in [-0.3, -0.25) is 4.79 Å². The first-order chi connectivity index (χ1) is 8.72. The van der Waals surface area contributed by atoms with Gasteiger partial charge in [-0.1, -0.05) is 42.4 Å². The Morgan fingerprint density at radius 1 is 1.39 bits per heavy atom. The Morgan fingerprint density at radius 3 is 2.78 bits per heavy atom. The molecule has 1 atom stereocenters. The Morgan fingerprint density at radius 2 is 2.11 bits per heavy atom. The second kappa shape index (κ2) is 5.49. The molecule has 0 bridgehead atoms. The van der Waals surface area contributed by atoms with Crippen LogP contribution in [0.2, 0.25) is 0 Å². The largest absolute Gasteiger partial charge is 0.363 e. The number of aromatic nitrogens is 1. The van der Waals surface area contributed by atoms with Crippen LogP contribution in [0.4, 0.5) is 0 Å². The van der Waals surface area contributed by atoms with Gasteiger partial charge in [-0.25, -0.2) is 0 Å². The number of amides is 1. The van der Waals surface area contributed by atoms with Crippen LogP contribution in [-0.2, 0) is 0 Å². The van der Waals surface area contributed by atoms with E-state index in [9.17, 15) is 4.79 Å². The Hall–Kier alpha value is -2.10. The second-order valence-corrected chi connectivity index (χ2v) is 4.23. The molecule has 1 amide bonds. The van der Waals surface area contributed by atoms with E-state index in [4.69, 9.17) is 4.52 Å². The van der Waals surface area contributed by atoms with Gasteiger partial charge in [0.05, 0.1) is 0 Å². The molecule has 0 aliphatic heterocycles. The van der Waals surface area contributed by atoms with Crippen molar-refractivity contribution < 1.29 is 9.32 Å². The number of benzene rings is 1. The van der Waals surface area contributed by atoms with Gasteiger partial charge in [-0.05, 0) is 13.3 Å². The average Bonchev–Trinajstić information content (AvgIpc) is 2.88. The van der Waals surface area contributed by atoms with Crippen molar-refractivity contribution in [3.63, 3.8) is 0 Å².